The summed E-state index contributed by atoms with van der Waals surface area (Å²) in [5.41, 5.74) is 0.0321. The van der Waals surface area contributed by atoms with Gasteiger partial charge in [0.1, 0.15) is 12.7 Å². The molecule has 2 rings (SSSR count). The van der Waals surface area contributed by atoms with Gasteiger partial charge in [0.25, 0.3) is 0 Å². The zero-order chi connectivity index (χ0) is 19.8. The molecule has 3 N–H and O–H groups in total. The van der Waals surface area contributed by atoms with E-state index in [1.54, 1.807) is 12.1 Å². The number of hydrogen-bond donors (Lipinski definition) is 3. The first-order valence-electron chi connectivity index (χ1n) is 8.13. The van der Waals surface area contributed by atoms with Gasteiger partial charge in [-0.05, 0) is 23.6 Å². The molecule has 2 aromatic rings. The molecular weight excluding hydrogens is 359 g/mol. The fraction of sp³-hybridized carbons (Fsp3) is 0.278. The summed E-state index contributed by atoms with van der Waals surface area (Å²) in [6.07, 6.45) is -3.50. The number of rotatable bonds is 8. The SMILES string of the molecule is O=C(NCCC(O)C(O)c1ccc(F)c([N+](=O)[O-])c1)OCc1ccccc1. The number of aliphatic hydroxyl groups excluding tert-OH is 2. The first-order valence-corrected chi connectivity index (χ1v) is 8.13. The molecule has 0 aromatic heterocycles. The molecule has 1 amide bonds. The Bertz CT molecular complexity index is 787. The number of nitrogens with one attached hydrogen (secondary N) is 1. The van der Waals surface area contributed by atoms with Crippen molar-refractivity contribution in [2.75, 3.05) is 6.54 Å². The van der Waals surface area contributed by atoms with Crippen molar-refractivity contribution in [3.8, 4) is 0 Å². The van der Waals surface area contributed by atoms with Crippen LogP contribution in [0.4, 0.5) is 14.9 Å². The molecule has 2 unspecified atom stereocenters. The highest BCUT2D eigenvalue weighted by atomic mass is 19.1. The quantitative estimate of drug-likeness (QED) is 0.479. The van der Waals surface area contributed by atoms with Crippen LogP contribution in [0.25, 0.3) is 0 Å². The summed E-state index contributed by atoms with van der Waals surface area (Å²) in [6.45, 7) is 0.103. The molecule has 0 bridgehead atoms. The number of carbonyl (C=O) groups is 1. The first kappa shape index (κ1) is 20.3. The van der Waals surface area contributed by atoms with Gasteiger partial charge in [-0.25, -0.2) is 4.79 Å². The van der Waals surface area contributed by atoms with Crippen molar-refractivity contribution >= 4 is 11.8 Å². The average molecular weight is 378 g/mol. The Morgan fingerprint density at radius 3 is 2.59 bits per heavy atom. The van der Waals surface area contributed by atoms with E-state index in [4.69, 9.17) is 4.74 Å². The molecule has 27 heavy (non-hydrogen) atoms. The Morgan fingerprint density at radius 2 is 1.93 bits per heavy atom. The fourth-order valence-electron chi connectivity index (χ4n) is 2.33. The number of halogens is 1. The lowest BCUT2D eigenvalue weighted by Crippen LogP contribution is -2.29. The van der Waals surface area contributed by atoms with Gasteiger partial charge in [-0.3, -0.25) is 10.1 Å². The molecule has 0 aliphatic carbocycles. The summed E-state index contributed by atoms with van der Waals surface area (Å²) in [5.74, 6) is -1.03. The minimum Gasteiger partial charge on any atom is -0.445 e. The lowest BCUT2D eigenvalue weighted by Gasteiger charge is -2.18. The number of nitro groups is 1. The van der Waals surface area contributed by atoms with Gasteiger partial charge in [-0.1, -0.05) is 36.4 Å². The van der Waals surface area contributed by atoms with E-state index in [0.29, 0.717) is 0 Å². The summed E-state index contributed by atoms with van der Waals surface area (Å²) in [4.78, 5) is 21.4. The van der Waals surface area contributed by atoms with Crippen LogP contribution >= 0.6 is 0 Å². The van der Waals surface area contributed by atoms with Gasteiger partial charge in [0.2, 0.25) is 5.82 Å². The smallest absolute Gasteiger partial charge is 0.407 e. The molecule has 0 fully saturated rings. The molecule has 0 heterocycles. The third kappa shape index (κ3) is 6.01. The second kappa shape index (κ2) is 9.60. The Hall–Kier alpha value is -3.04. The molecule has 8 nitrogen and oxygen atoms in total. The standard InChI is InChI=1S/C18H19FN2O6/c19-14-7-6-13(10-15(14)21(25)26)17(23)16(22)8-9-20-18(24)27-11-12-4-2-1-3-5-12/h1-7,10,16-17,22-23H,8-9,11H2,(H,20,24). The van der Waals surface area contributed by atoms with E-state index >= 15 is 0 Å². The zero-order valence-corrected chi connectivity index (χ0v) is 14.2. The maximum absolute atomic E-state index is 13.3. The Balaban J connectivity index is 1.79. The number of nitrogens with zero attached hydrogens (tertiary/aromatic N) is 1. The molecule has 2 atom stereocenters. The van der Waals surface area contributed by atoms with Crippen LogP contribution in [-0.2, 0) is 11.3 Å². The van der Waals surface area contributed by atoms with E-state index in [1.165, 1.54) is 0 Å². The van der Waals surface area contributed by atoms with Crippen molar-refractivity contribution < 1.29 is 29.1 Å². The summed E-state index contributed by atoms with van der Waals surface area (Å²) >= 11 is 0. The van der Waals surface area contributed by atoms with Gasteiger partial charge in [0.05, 0.1) is 11.0 Å². The molecule has 0 radical (unpaired) electrons. The third-order valence-corrected chi connectivity index (χ3v) is 3.80. The van der Waals surface area contributed by atoms with Crippen LogP contribution in [0.15, 0.2) is 48.5 Å². The molecular formula is C18H19FN2O6. The number of carbonyl (C=O) groups excluding carboxylic acids is 1. The van der Waals surface area contributed by atoms with Crippen LogP contribution < -0.4 is 5.32 Å². The lowest BCUT2D eigenvalue weighted by molar-refractivity contribution is -0.387. The number of alkyl carbamates (subject to hydrolysis) is 1. The Labute approximate surface area is 154 Å². The molecule has 0 saturated heterocycles. The molecule has 0 aliphatic rings. The van der Waals surface area contributed by atoms with Gasteiger partial charge in [-0.15, -0.1) is 0 Å². The topological polar surface area (TPSA) is 122 Å². The van der Waals surface area contributed by atoms with Gasteiger partial charge < -0.3 is 20.3 Å². The summed E-state index contributed by atoms with van der Waals surface area (Å²) in [5, 5.41) is 33.2. The van der Waals surface area contributed by atoms with Crippen LogP contribution in [0.3, 0.4) is 0 Å². The van der Waals surface area contributed by atoms with Gasteiger partial charge in [-0.2, -0.15) is 4.39 Å². The van der Waals surface area contributed by atoms with Crippen LogP contribution in [0.5, 0.6) is 0 Å². The number of amides is 1. The predicted molar refractivity (Wildman–Crippen MR) is 93.3 cm³/mol. The largest absolute Gasteiger partial charge is 0.445 e. The second-order valence-electron chi connectivity index (χ2n) is 5.76. The van der Waals surface area contributed by atoms with Crippen molar-refractivity contribution in [1.82, 2.24) is 5.32 Å². The second-order valence-corrected chi connectivity index (χ2v) is 5.76. The van der Waals surface area contributed by atoms with Crippen molar-refractivity contribution in [1.29, 1.82) is 0 Å². The number of benzene rings is 2. The van der Waals surface area contributed by atoms with E-state index in [-0.39, 0.29) is 25.1 Å². The Morgan fingerprint density at radius 1 is 1.22 bits per heavy atom. The minimum atomic E-state index is -1.47. The van der Waals surface area contributed by atoms with Crippen molar-refractivity contribution in [2.24, 2.45) is 0 Å². The molecule has 0 spiro atoms. The van der Waals surface area contributed by atoms with Crippen LogP contribution in [0.1, 0.15) is 23.7 Å². The average Bonchev–Trinajstić information content (AvgIpc) is 2.66. The number of nitro benzene ring substituents is 1. The number of aliphatic hydroxyl groups is 2. The van der Waals surface area contributed by atoms with Crippen LogP contribution in [0.2, 0.25) is 0 Å². The summed E-state index contributed by atoms with van der Waals surface area (Å²) in [6, 6.07) is 11.9. The van der Waals surface area contributed by atoms with Crippen LogP contribution in [0, 0.1) is 15.9 Å². The van der Waals surface area contributed by atoms with Gasteiger partial charge in [0, 0.05) is 12.6 Å². The maximum atomic E-state index is 13.3. The van der Waals surface area contributed by atoms with Gasteiger partial charge >= 0.3 is 11.8 Å². The monoisotopic (exact) mass is 378 g/mol. The number of ether oxygens (including phenoxy) is 1. The molecule has 0 saturated carbocycles. The normalized spacial score (nSPS) is 12.9. The molecule has 2 aromatic carbocycles. The lowest BCUT2D eigenvalue weighted by atomic mass is 10.0. The minimum absolute atomic E-state index is 0.00209. The third-order valence-electron chi connectivity index (χ3n) is 3.80. The van der Waals surface area contributed by atoms with E-state index in [2.05, 4.69) is 5.32 Å². The highest BCUT2D eigenvalue weighted by Crippen LogP contribution is 2.25. The van der Waals surface area contributed by atoms with Gasteiger partial charge in [0.15, 0.2) is 0 Å². The van der Waals surface area contributed by atoms with Crippen molar-refractivity contribution in [3.63, 3.8) is 0 Å². The van der Waals surface area contributed by atoms with E-state index < -0.39 is 34.7 Å². The number of hydrogen-bond acceptors (Lipinski definition) is 6. The summed E-state index contributed by atoms with van der Waals surface area (Å²) < 4.78 is 18.3. The first-order chi connectivity index (χ1) is 12.9. The highest BCUT2D eigenvalue weighted by Gasteiger charge is 2.23. The van der Waals surface area contributed by atoms with E-state index in [1.807, 2.05) is 18.2 Å². The predicted octanol–water partition coefficient (Wildman–Crippen LogP) is 2.44. The highest BCUT2D eigenvalue weighted by molar-refractivity contribution is 5.67. The molecule has 144 valence electrons. The van der Waals surface area contributed by atoms with Crippen LogP contribution in [-0.4, -0.2) is 33.9 Å². The Kier molecular flexibility index (Phi) is 7.21. The fourth-order valence-corrected chi connectivity index (χ4v) is 2.33. The van der Waals surface area contributed by atoms with E-state index in [9.17, 15) is 29.5 Å². The maximum Gasteiger partial charge on any atom is 0.407 e. The molecule has 9 heteroatoms. The zero-order valence-electron chi connectivity index (χ0n) is 14.2. The van der Waals surface area contributed by atoms with Crippen molar-refractivity contribution in [3.05, 3.63) is 75.6 Å². The van der Waals surface area contributed by atoms with Crippen molar-refractivity contribution in [2.45, 2.75) is 25.2 Å². The molecule has 0 aliphatic heterocycles. The summed E-state index contributed by atoms with van der Waals surface area (Å²) in [7, 11) is 0. The van der Waals surface area contributed by atoms with E-state index in [0.717, 1.165) is 23.8 Å².